The van der Waals surface area contributed by atoms with Crippen LogP contribution < -0.4 is 4.90 Å². The number of fused-ring (bicyclic) bond motifs is 3. The summed E-state index contributed by atoms with van der Waals surface area (Å²) in [5, 5.41) is 5.03. The summed E-state index contributed by atoms with van der Waals surface area (Å²) in [7, 11) is 0. The van der Waals surface area contributed by atoms with Crippen molar-refractivity contribution in [1.29, 1.82) is 0 Å². The number of nitrogens with zero attached hydrogens (tertiary/aromatic N) is 1. The molecule has 0 N–H and O–H groups in total. The fourth-order valence-corrected chi connectivity index (χ4v) is 8.29. The first kappa shape index (κ1) is 34.0. The van der Waals surface area contributed by atoms with Crippen molar-refractivity contribution < 1.29 is 0 Å². The topological polar surface area (TPSA) is 3.24 Å². The summed E-state index contributed by atoms with van der Waals surface area (Å²) in [4.78, 5) is 2.47. The van der Waals surface area contributed by atoms with Crippen molar-refractivity contribution >= 4 is 38.6 Å². The van der Waals surface area contributed by atoms with Gasteiger partial charge in [0.25, 0.3) is 0 Å². The van der Waals surface area contributed by atoms with Crippen LogP contribution in [0.4, 0.5) is 17.1 Å². The van der Waals surface area contributed by atoms with Crippen molar-refractivity contribution in [3.63, 3.8) is 0 Å². The van der Waals surface area contributed by atoms with Crippen LogP contribution in [0.15, 0.2) is 237 Å². The van der Waals surface area contributed by atoms with E-state index < -0.39 is 0 Å². The van der Waals surface area contributed by atoms with Gasteiger partial charge >= 0.3 is 0 Å². The summed E-state index contributed by atoms with van der Waals surface area (Å²) < 4.78 is 0. The van der Waals surface area contributed by atoms with Gasteiger partial charge in [0.05, 0.1) is 11.4 Å². The van der Waals surface area contributed by atoms with Crippen LogP contribution in [0.5, 0.6) is 0 Å². The minimum Gasteiger partial charge on any atom is -0.309 e. The lowest BCUT2D eigenvalue weighted by Gasteiger charge is -2.31. The van der Waals surface area contributed by atoms with Crippen LogP contribution in [0, 0.1) is 0 Å². The van der Waals surface area contributed by atoms with Gasteiger partial charge in [-0.25, -0.2) is 0 Å². The number of hydrogen-bond acceptors (Lipinski definition) is 1. The van der Waals surface area contributed by atoms with E-state index in [2.05, 4.69) is 241 Å². The summed E-state index contributed by atoms with van der Waals surface area (Å²) >= 11 is 0. The van der Waals surface area contributed by atoms with Crippen LogP contribution in [0.1, 0.15) is 0 Å². The van der Waals surface area contributed by atoms with Gasteiger partial charge in [-0.2, -0.15) is 0 Å². The summed E-state index contributed by atoms with van der Waals surface area (Å²) in [6.07, 6.45) is 0. The van der Waals surface area contributed by atoms with Gasteiger partial charge < -0.3 is 4.90 Å². The second kappa shape index (κ2) is 15.0. The molecule has 0 aliphatic heterocycles. The highest BCUT2D eigenvalue weighted by Crippen LogP contribution is 2.48. The normalized spacial score (nSPS) is 11.2. The third-order valence-corrected chi connectivity index (χ3v) is 11.1. The second-order valence-corrected chi connectivity index (χ2v) is 14.5. The van der Waals surface area contributed by atoms with Gasteiger partial charge in [-0.05, 0) is 102 Å². The molecule has 0 saturated carbocycles. The lowest BCUT2D eigenvalue weighted by Crippen LogP contribution is -2.13. The highest BCUT2D eigenvalue weighted by atomic mass is 15.1. The minimum atomic E-state index is 1.08. The maximum absolute atomic E-state index is 2.47. The Bertz CT molecular complexity index is 2860. The molecular formula is C56H39N. The van der Waals surface area contributed by atoms with Crippen LogP contribution in [0.3, 0.4) is 0 Å². The molecule has 0 radical (unpaired) electrons. The van der Waals surface area contributed by atoms with E-state index in [9.17, 15) is 0 Å². The van der Waals surface area contributed by atoms with Gasteiger partial charge in [-0.15, -0.1) is 0 Å². The van der Waals surface area contributed by atoms with Crippen molar-refractivity contribution in [2.75, 3.05) is 4.90 Å². The predicted octanol–water partition coefficient (Wildman–Crippen LogP) is 15.8. The van der Waals surface area contributed by atoms with E-state index >= 15 is 0 Å². The Labute approximate surface area is 334 Å². The number of anilines is 3. The molecule has 268 valence electrons. The van der Waals surface area contributed by atoms with Gasteiger partial charge in [0, 0.05) is 16.8 Å². The molecule has 1 nitrogen and oxygen atoms in total. The molecule has 0 saturated heterocycles. The van der Waals surface area contributed by atoms with Crippen LogP contribution >= 0.6 is 0 Å². The maximum Gasteiger partial charge on any atom is 0.0540 e. The highest BCUT2D eigenvalue weighted by Gasteiger charge is 2.23. The van der Waals surface area contributed by atoms with E-state index in [1.54, 1.807) is 0 Å². The number of rotatable bonds is 8. The zero-order valence-electron chi connectivity index (χ0n) is 31.5. The third-order valence-electron chi connectivity index (χ3n) is 11.1. The van der Waals surface area contributed by atoms with E-state index in [1.165, 1.54) is 54.9 Å². The van der Waals surface area contributed by atoms with Crippen LogP contribution in [-0.2, 0) is 0 Å². The Morgan fingerprint density at radius 1 is 0.228 bits per heavy atom. The van der Waals surface area contributed by atoms with E-state index in [0.717, 1.165) is 39.3 Å². The minimum absolute atomic E-state index is 1.08. The first-order valence-electron chi connectivity index (χ1n) is 19.6. The zero-order chi connectivity index (χ0) is 38.0. The molecule has 0 atom stereocenters. The Hall–Kier alpha value is -7.48. The SMILES string of the molecule is c1ccc(-c2ccc(N(c3cccc(-c4cccc5c4ccc4ccccc45)c3)c3ccc(-c4ccccc4)cc3-c3ccccc3)c(-c3ccccc3)c2)cc1. The second-order valence-electron chi connectivity index (χ2n) is 14.5. The largest absolute Gasteiger partial charge is 0.309 e. The Kier molecular flexibility index (Phi) is 8.95. The van der Waals surface area contributed by atoms with Crippen LogP contribution in [-0.4, -0.2) is 0 Å². The molecule has 0 spiro atoms. The van der Waals surface area contributed by atoms with E-state index in [1.807, 2.05) is 0 Å². The zero-order valence-corrected chi connectivity index (χ0v) is 31.5. The first-order chi connectivity index (χ1) is 28.3. The standard InChI is InChI=1S/C56H39N/c1-5-17-40(18-6-1)45-32-35-55(53(38-45)42-21-9-3-10-22-42)57(56-36-33-46(41-19-7-2-8-20-41)39-54(56)43-23-11-4-12-24-43)48-27-15-26-47(37-48)50-29-16-30-51-49-28-14-13-25-44(49)31-34-52(50)51/h1-39H. The van der Waals surface area contributed by atoms with Gasteiger partial charge in [-0.1, -0.05) is 200 Å². The van der Waals surface area contributed by atoms with Gasteiger partial charge in [-0.3, -0.25) is 0 Å². The fraction of sp³-hybridized carbons (Fsp3) is 0. The average Bonchev–Trinajstić information content (AvgIpc) is 3.30. The lowest BCUT2D eigenvalue weighted by molar-refractivity contribution is 1.28. The van der Waals surface area contributed by atoms with E-state index in [4.69, 9.17) is 0 Å². The molecule has 10 aromatic carbocycles. The molecule has 0 bridgehead atoms. The quantitative estimate of drug-likeness (QED) is 0.141. The molecule has 0 aromatic heterocycles. The van der Waals surface area contributed by atoms with Gasteiger partial charge in [0.15, 0.2) is 0 Å². The Morgan fingerprint density at radius 3 is 1.28 bits per heavy atom. The van der Waals surface area contributed by atoms with Gasteiger partial charge in [0.1, 0.15) is 0 Å². The first-order valence-corrected chi connectivity index (χ1v) is 19.6. The smallest absolute Gasteiger partial charge is 0.0540 e. The lowest BCUT2D eigenvalue weighted by atomic mass is 9.93. The summed E-state index contributed by atoms with van der Waals surface area (Å²) in [5.41, 5.74) is 15.0. The van der Waals surface area contributed by atoms with Gasteiger partial charge in [0.2, 0.25) is 0 Å². The molecule has 0 amide bonds. The molecule has 0 unspecified atom stereocenters. The Morgan fingerprint density at radius 2 is 0.702 bits per heavy atom. The molecule has 0 heterocycles. The van der Waals surface area contributed by atoms with Crippen molar-refractivity contribution in [1.82, 2.24) is 0 Å². The highest BCUT2D eigenvalue weighted by molar-refractivity contribution is 6.12. The average molecular weight is 726 g/mol. The predicted molar refractivity (Wildman–Crippen MR) is 243 cm³/mol. The maximum atomic E-state index is 2.47. The molecule has 10 aromatic rings. The van der Waals surface area contributed by atoms with Crippen molar-refractivity contribution in [3.05, 3.63) is 237 Å². The van der Waals surface area contributed by atoms with E-state index in [0.29, 0.717) is 0 Å². The van der Waals surface area contributed by atoms with Crippen LogP contribution in [0.2, 0.25) is 0 Å². The molecule has 57 heavy (non-hydrogen) atoms. The molecule has 0 aliphatic rings. The number of hydrogen-bond donors (Lipinski definition) is 0. The summed E-state index contributed by atoms with van der Waals surface area (Å²) in [6, 6.07) is 85.8. The molecule has 0 aliphatic carbocycles. The van der Waals surface area contributed by atoms with E-state index in [-0.39, 0.29) is 0 Å². The number of benzene rings is 10. The fourth-order valence-electron chi connectivity index (χ4n) is 8.29. The third kappa shape index (κ3) is 6.56. The summed E-state index contributed by atoms with van der Waals surface area (Å²) in [5.74, 6) is 0. The van der Waals surface area contributed by atoms with Crippen molar-refractivity contribution in [2.45, 2.75) is 0 Å². The van der Waals surface area contributed by atoms with Crippen LogP contribution in [0.25, 0.3) is 77.2 Å². The molecular weight excluding hydrogens is 687 g/mol. The Balaban J connectivity index is 1.24. The molecule has 1 heteroatoms. The molecule has 10 rings (SSSR count). The molecule has 0 fully saturated rings. The summed E-state index contributed by atoms with van der Waals surface area (Å²) in [6.45, 7) is 0. The van der Waals surface area contributed by atoms with Crippen molar-refractivity contribution in [3.8, 4) is 55.6 Å². The monoisotopic (exact) mass is 725 g/mol. The van der Waals surface area contributed by atoms with Crippen molar-refractivity contribution in [2.24, 2.45) is 0 Å².